The van der Waals surface area contributed by atoms with Crippen molar-refractivity contribution in [2.45, 2.75) is 24.8 Å². The van der Waals surface area contributed by atoms with E-state index in [2.05, 4.69) is 17.0 Å². The molecule has 0 radical (unpaired) electrons. The van der Waals surface area contributed by atoms with Crippen LogP contribution >= 0.6 is 0 Å². The Bertz CT molecular complexity index is 534. The Morgan fingerprint density at radius 3 is 2.91 bits per heavy atom. The Kier molecular flexibility index (Phi) is 4.64. The summed E-state index contributed by atoms with van der Waals surface area (Å²) in [6.07, 6.45) is 1.72. The number of amides is 1. The molecule has 0 bridgehead atoms. The van der Waals surface area contributed by atoms with Crippen molar-refractivity contribution in [3.63, 3.8) is 0 Å². The van der Waals surface area contributed by atoms with Crippen LogP contribution in [0.25, 0.3) is 0 Å². The van der Waals surface area contributed by atoms with Crippen LogP contribution in [0.1, 0.15) is 24.3 Å². The molecule has 3 rings (SSSR count). The maximum Gasteiger partial charge on any atom is 0.222 e. The summed E-state index contributed by atoms with van der Waals surface area (Å²) < 4.78 is 5.30. The highest BCUT2D eigenvalue weighted by molar-refractivity contribution is 5.78. The topological polar surface area (TPSA) is 58.8 Å². The zero-order valence-electron chi connectivity index (χ0n) is 13.2. The Morgan fingerprint density at radius 2 is 2.18 bits per heavy atom. The normalized spacial score (nSPS) is 25.9. The van der Waals surface area contributed by atoms with Crippen LogP contribution in [-0.2, 0) is 4.79 Å². The summed E-state index contributed by atoms with van der Waals surface area (Å²) in [6.45, 7) is 4.51. The maximum atomic E-state index is 11.7. The van der Waals surface area contributed by atoms with Gasteiger partial charge in [-0.15, -0.1) is 0 Å². The van der Waals surface area contributed by atoms with Gasteiger partial charge in [-0.3, -0.25) is 9.69 Å². The second kappa shape index (κ2) is 6.67. The molecule has 2 aliphatic rings. The predicted octanol–water partition coefficient (Wildman–Crippen LogP) is 1.04. The number of benzene rings is 1. The van der Waals surface area contributed by atoms with E-state index < -0.39 is 0 Å². The van der Waals surface area contributed by atoms with E-state index >= 15 is 0 Å². The molecule has 0 spiro atoms. The van der Waals surface area contributed by atoms with Crippen molar-refractivity contribution >= 4 is 5.91 Å². The van der Waals surface area contributed by atoms with Gasteiger partial charge in [0.25, 0.3) is 0 Å². The lowest BCUT2D eigenvalue weighted by Gasteiger charge is -2.21. The Morgan fingerprint density at radius 1 is 1.32 bits per heavy atom. The molecule has 2 saturated heterocycles. The summed E-state index contributed by atoms with van der Waals surface area (Å²) in [6, 6.07) is 8.33. The van der Waals surface area contributed by atoms with Gasteiger partial charge < -0.3 is 15.4 Å². The maximum absolute atomic E-state index is 11.7. The molecule has 0 saturated carbocycles. The fraction of sp³-hybridized carbons (Fsp3) is 0.588. The lowest BCUT2D eigenvalue weighted by molar-refractivity contribution is -0.127. The van der Waals surface area contributed by atoms with E-state index in [0.717, 1.165) is 44.9 Å². The van der Waals surface area contributed by atoms with Crippen molar-refractivity contribution in [3.05, 3.63) is 29.8 Å². The lowest BCUT2D eigenvalue weighted by Crippen LogP contribution is -2.35. The number of hydrogen-bond donors (Lipinski definition) is 1. The minimum atomic E-state index is 0.140. The summed E-state index contributed by atoms with van der Waals surface area (Å²) in [5.41, 5.74) is 7.58. The molecular weight excluding hydrogens is 278 g/mol. The van der Waals surface area contributed by atoms with E-state index in [9.17, 15) is 4.79 Å². The number of carbonyl (C=O) groups excluding carboxylic acids is 1. The number of methoxy groups -OCH3 is 1. The number of hydrogen-bond acceptors (Lipinski definition) is 4. The van der Waals surface area contributed by atoms with Gasteiger partial charge in [-0.1, -0.05) is 12.1 Å². The van der Waals surface area contributed by atoms with Crippen molar-refractivity contribution in [1.82, 2.24) is 9.80 Å². The van der Waals surface area contributed by atoms with Crippen molar-refractivity contribution in [1.29, 1.82) is 0 Å². The Labute approximate surface area is 132 Å². The Balaban J connectivity index is 1.58. The fourth-order valence-electron chi connectivity index (χ4n) is 3.52. The van der Waals surface area contributed by atoms with Crippen LogP contribution < -0.4 is 10.5 Å². The Hall–Kier alpha value is -1.59. The SMILES string of the molecule is COc1cccc([C@H]2CN(CCN3CCCC3=O)C[C@@H]2N)c1. The van der Waals surface area contributed by atoms with Gasteiger partial charge in [-0.2, -0.15) is 0 Å². The molecule has 2 N–H and O–H groups in total. The molecule has 2 aliphatic heterocycles. The monoisotopic (exact) mass is 303 g/mol. The van der Waals surface area contributed by atoms with Gasteiger partial charge in [-0.25, -0.2) is 0 Å². The van der Waals surface area contributed by atoms with Gasteiger partial charge in [0.2, 0.25) is 5.91 Å². The third kappa shape index (κ3) is 3.25. The number of nitrogens with zero attached hydrogens (tertiary/aromatic N) is 2. The van der Waals surface area contributed by atoms with E-state index in [-0.39, 0.29) is 6.04 Å². The molecule has 22 heavy (non-hydrogen) atoms. The van der Waals surface area contributed by atoms with E-state index in [1.165, 1.54) is 5.56 Å². The molecule has 0 aromatic heterocycles. The minimum Gasteiger partial charge on any atom is -0.497 e. The van der Waals surface area contributed by atoms with Gasteiger partial charge in [0, 0.05) is 51.1 Å². The average Bonchev–Trinajstić information content (AvgIpc) is 3.11. The summed E-state index contributed by atoms with van der Waals surface area (Å²) in [4.78, 5) is 16.0. The molecule has 1 aromatic rings. The van der Waals surface area contributed by atoms with Crippen molar-refractivity contribution in [2.24, 2.45) is 5.73 Å². The highest BCUT2D eigenvalue weighted by Crippen LogP contribution is 2.28. The van der Waals surface area contributed by atoms with Crippen LogP contribution in [0, 0.1) is 0 Å². The lowest BCUT2D eigenvalue weighted by atomic mass is 9.95. The summed E-state index contributed by atoms with van der Waals surface area (Å²) >= 11 is 0. The number of likely N-dealkylation sites (tertiary alicyclic amines) is 2. The zero-order valence-corrected chi connectivity index (χ0v) is 13.2. The standard InChI is InChI=1S/C17H25N3O2/c1-22-14-5-2-4-13(10-14)15-11-19(12-16(15)18)8-9-20-7-3-6-17(20)21/h2,4-5,10,15-16H,3,6-9,11-12,18H2,1H3/t15-,16+/m1/s1. The van der Waals surface area contributed by atoms with E-state index in [0.29, 0.717) is 18.2 Å². The van der Waals surface area contributed by atoms with E-state index in [1.54, 1.807) is 7.11 Å². The number of ether oxygens (including phenoxy) is 1. The minimum absolute atomic E-state index is 0.140. The fourth-order valence-corrected chi connectivity index (χ4v) is 3.52. The summed E-state index contributed by atoms with van der Waals surface area (Å²) in [5.74, 6) is 1.52. The summed E-state index contributed by atoms with van der Waals surface area (Å²) in [5, 5.41) is 0. The first kappa shape index (κ1) is 15.3. The van der Waals surface area contributed by atoms with Crippen molar-refractivity contribution in [2.75, 3.05) is 39.8 Å². The van der Waals surface area contributed by atoms with Gasteiger partial charge in [0.15, 0.2) is 0 Å². The second-order valence-electron chi connectivity index (χ2n) is 6.29. The molecule has 5 nitrogen and oxygen atoms in total. The molecule has 2 fully saturated rings. The predicted molar refractivity (Wildman–Crippen MR) is 86.0 cm³/mol. The van der Waals surface area contributed by atoms with Crippen molar-refractivity contribution < 1.29 is 9.53 Å². The third-order valence-electron chi connectivity index (χ3n) is 4.82. The van der Waals surface area contributed by atoms with Crippen molar-refractivity contribution in [3.8, 4) is 5.75 Å². The van der Waals surface area contributed by atoms with Crippen LogP contribution in [0.2, 0.25) is 0 Å². The molecule has 2 heterocycles. The van der Waals surface area contributed by atoms with Crippen LogP contribution in [0.3, 0.4) is 0 Å². The quantitative estimate of drug-likeness (QED) is 0.883. The number of carbonyl (C=O) groups is 1. The smallest absolute Gasteiger partial charge is 0.222 e. The third-order valence-corrected chi connectivity index (χ3v) is 4.82. The highest BCUT2D eigenvalue weighted by atomic mass is 16.5. The molecule has 1 amide bonds. The van der Waals surface area contributed by atoms with Crippen LogP contribution in [0.15, 0.2) is 24.3 Å². The van der Waals surface area contributed by atoms with Crippen LogP contribution in [0.5, 0.6) is 5.75 Å². The molecule has 120 valence electrons. The average molecular weight is 303 g/mol. The second-order valence-corrected chi connectivity index (χ2v) is 6.29. The molecule has 0 aliphatic carbocycles. The molecule has 2 atom stereocenters. The van der Waals surface area contributed by atoms with Gasteiger partial charge in [-0.05, 0) is 24.1 Å². The first-order valence-electron chi connectivity index (χ1n) is 8.07. The van der Waals surface area contributed by atoms with Gasteiger partial charge >= 0.3 is 0 Å². The highest BCUT2D eigenvalue weighted by Gasteiger charge is 2.32. The summed E-state index contributed by atoms with van der Waals surface area (Å²) in [7, 11) is 1.69. The van der Waals surface area contributed by atoms with Gasteiger partial charge in [0.05, 0.1) is 7.11 Å². The number of rotatable bonds is 5. The van der Waals surface area contributed by atoms with Crippen LogP contribution in [0.4, 0.5) is 0 Å². The molecular formula is C17H25N3O2. The van der Waals surface area contributed by atoms with E-state index in [1.807, 2.05) is 17.0 Å². The largest absolute Gasteiger partial charge is 0.497 e. The molecule has 5 heteroatoms. The number of nitrogens with two attached hydrogens (primary N) is 1. The van der Waals surface area contributed by atoms with Gasteiger partial charge in [0.1, 0.15) is 5.75 Å². The zero-order chi connectivity index (χ0) is 15.5. The van der Waals surface area contributed by atoms with Crippen LogP contribution in [-0.4, -0.2) is 61.6 Å². The first-order valence-corrected chi connectivity index (χ1v) is 8.07. The van der Waals surface area contributed by atoms with E-state index in [4.69, 9.17) is 10.5 Å². The first-order chi connectivity index (χ1) is 10.7. The molecule has 1 aromatic carbocycles. The molecule has 0 unspecified atom stereocenters.